The van der Waals surface area contributed by atoms with E-state index in [1.165, 1.54) is 5.56 Å². The van der Waals surface area contributed by atoms with Crippen molar-refractivity contribution in [1.82, 2.24) is 0 Å². The molecule has 3 nitrogen and oxygen atoms in total. The van der Waals surface area contributed by atoms with Crippen LogP contribution in [0, 0.1) is 3.57 Å². The van der Waals surface area contributed by atoms with Gasteiger partial charge in [0.2, 0.25) is 0 Å². The Labute approximate surface area is 145 Å². The number of aryl methyl sites for hydroxylation is 1. The summed E-state index contributed by atoms with van der Waals surface area (Å²) in [4.78, 5) is 4.52. The Bertz CT molecular complexity index is 651. The quantitative estimate of drug-likeness (QED) is 0.496. The van der Waals surface area contributed by atoms with Gasteiger partial charge < -0.3 is 9.47 Å². The van der Waals surface area contributed by atoms with Crippen LogP contribution in [0.5, 0.6) is 11.5 Å². The third-order valence-corrected chi connectivity index (χ3v) is 4.05. The second-order valence-electron chi connectivity index (χ2n) is 4.75. The first-order valence-electron chi connectivity index (χ1n) is 7.31. The van der Waals surface area contributed by atoms with E-state index in [0.717, 1.165) is 32.7 Å². The lowest BCUT2D eigenvalue weighted by Crippen LogP contribution is -1.99. The first-order valence-corrected chi connectivity index (χ1v) is 8.39. The van der Waals surface area contributed by atoms with Crippen molar-refractivity contribution in [3.05, 3.63) is 51.1 Å². The molecule has 2 rings (SSSR count). The molecular weight excluding hydrogens is 389 g/mol. The highest BCUT2D eigenvalue weighted by molar-refractivity contribution is 14.1. The molecule has 0 spiro atoms. The summed E-state index contributed by atoms with van der Waals surface area (Å²) in [5, 5.41) is 0. The summed E-state index contributed by atoms with van der Waals surface area (Å²) < 4.78 is 12.1. The average Bonchev–Trinajstić information content (AvgIpc) is 2.55. The maximum absolute atomic E-state index is 5.62. The van der Waals surface area contributed by atoms with Crippen LogP contribution in [0.1, 0.15) is 25.0 Å². The predicted molar refractivity (Wildman–Crippen MR) is 100.0 cm³/mol. The second-order valence-corrected chi connectivity index (χ2v) is 5.91. The topological polar surface area (TPSA) is 30.8 Å². The van der Waals surface area contributed by atoms with Gasteiger partial charge in [0.25, 0.3) is 0 Å². The Morgan fingerprint density at radius 1 is 1.14 bits per heavy atom. The zero-order valence-electron chi connectivity index (χ0n) is 13.1. The zero-order valence-corrected chi connectivity index (χ0v) is 15.3. The Hall–Kier alpha value is -1.56. The molecule has 22 heavy (non-hydrogen) atoms. The molecule has 0 saturated carbocycles. The lowest BCUT2D eigenvalue weighted by Gasteiger charge is -2.12. The molecule has 0 amide bonds. The van der Waals surface area contributed by atoms with E-state index < -0.39 is 0 Å². The molecule has 0 aliphatic rings. The molecule has 0 radical (unpaired) electrons. The van der Waals surface area contributed by atoms with Crippen LogP contribution in [0.2, 0.25) is 0 Å². The van der Waals surface area contributed by atoms with Gasteiger partial charge in [0.1, 0.15) is 0 Å². The monoisotopic (exact) mass is 409 g/mol. The lowest BCUT2D eigenvalue weighted by atomic mass is 10.1. The Morgan fingerprint density at radius 3 is 2.45 bits per heavy atom. The number of methoxy groups -OCH3 is 1. The molecule has 0 fully saturated rings. The van der Waals surface area contributed by atoms with Crippen molar-refractivity contribution in [2.75, 3.05) is 13.7 Å². The van der Waals surface area contributed by atoms with Crippen molar-refractivity contribution in [2.24, 2.45) is 4.99 Å². The highest BCUT2D eigenvalue weighted by Crippen LogP contribution is 2.33. The highest BCUT2D eigenvalue weighted by atomic mass is 127. The van der Waals surface area contributed by atoms with Crippen LogP contribution in [0.3, 0.4) is 0 Å². The van der Waals surface area contributed by atoms with Crippen LogP contribution < -0.4 is 9.47 Å². The summed E-state index contributed by atoms with van der Waals surface area (Å²) in [6.45, 7) is 4.72. The molecule has 0 aliphatic heterocycles. The molecule has 0 saturated heterocycles. The van der Waals surface area contributed by atoms with E-state index in [0.29, 0.717) is 6.61 Å². The first-order chi connectivity index (χ1) is 10.7. The van der Waals surface area contributed by atoms with Crippen LogP contribution in [-0.2, 0) is 6.42 Å². The van der Waals surface area contributed by atoms with E-state index in [4.69, 9.17) is 9.47 Å². The maximum atomic E-state index is 5.62. The van der Waals surface area contributed by atoms with Gasteiger partial charge in [-0.2, -0.15) is 0 Å². The third-order valence-electron chi connectivity index (χ3n) is 3.25. The van der Waals surface area contributed by atoms with Gasteiger partial charge in [0, 0.05) is 6.21 Å². The maximum Gasteiger partial charge on any atom is 0.174 e. The molecule has 0 aromatic heterocycles. The number of hydrogen-bond donors (Lipinski definition) is 0. The molecule has 0 heterocycles. The number of nitrogens with zero attached hydrogens (tertiary/aromatic N) is 1. The molecular formula is C18H20INO2. The van der Waals surface area contributed by atoms with Gasteiger partial charge in [-0.25, -0.2) is 0 Å². The minimum Gasteiger partial charge on any atom is -0.493 e. The number of rotatable bonds is 6. The standard InChI is InChI=1S/C18H20INO2/c1-4-13-6-8-15(9-7-13)20-12-14-10-16(19)18(22-5-2)17(11-14)21-3/h6-12H,4-5H2,1-3H3. The minimum atomic E-state index is 0.615. The SMILES string of the molecule is CCOc1c(I)cc(C=Nc2ccc(CC)cc2)cc1OC. The Balaban J connectivity index is 2.24. The summed E-state index contributed by atoms with van der Waals surface area (Å²) in [6, 6.07) is 12.3. The number of ether oxygens (including phenoxy) is 2. The van der Waals surface area contributed by atoms with Crippen molar-refractivity contribution in [1.29, 1.82) is 0 Å². The van der Waals surface area contributed by atoms with E-state index >= 15 is 0 Å². The van der Waals surface area contributed by atoms with Crippen LogP contribution >= 0.6 is 22.6 Å². The predicted octanol–water partition coefficient (Wildman–Crippen LogP) is 5.01. The van der Waals surface area contributed by atoms with E-state index in [2.05, 4.69) is 46.6 Å². The molecule has 2 aromatic rings. The largest absolute Gasteiger partial charge is 0.493 e. The van der Waals surface area contributed by atoms with Gasteiger partial charge in [-0.3, -0.25) is 4.99 Å². The van der Waals surface area contributed by atoms with Crippen molar-refractivity contribution in [3.63, 3.8) is 0 Å². The fraction of sp³-hybridized carbons (Fsp3) is 0.278. The summed E-state index contributed by atoms with van der Waals surface area (Å²) in [6.07, 6.45) is 2.89. The molecule has 0 aliphatic carbocycles. The van der Waals surface area contributed by atoms with Crippen LogP contribution in [0.15, 0.2) is 41.4 Å². The summed E-state index contributed by atoms with van der Waals surface area (Å²) in [5.74, 6) is 1.52. The van der Waals surface area contributed by atoms with Crippen molar-refractivity contribution < 1.29 is 9.47 Å². The van der Waals surface area contributed by atoms with Crippen LogP contribution in [-0.4, -0.2) is 19.9 Å². The number of aliphatic imine (C=N–C) groups is 1. The second kappa shape index (κ2) is 8.17. The summed E-state index contributed by atoms with van der Waals surface area (Å²) >= 11 is 2.26. The van der Waals surface area contributed by atoms with Crippen LogP contribution in [0.25, 0.3) is 0 Å². The van der Waals surface area contributed by atoms with E-state index in [1.807, 2.05) is 37.4 Å². The van der Waals surface area contributed by atoms with Gasteiger partial charge in [-0.1, -0.05) is 19.1 Å². The van der Waals surface area contributed by atoms with Crippen molar-refractivity contribution in [2.45, 2.75) is 20.3 Å². The average molecular weight is 409 g/mol. The van der Waals surface area contributed by atoms with E-state index in [9.17, 15) is 0 Å². The fourth-order valence-corrected chi connectivity index (χ4v) is 2.85. The number of halogens is 1. The van der Waals surface area contributed by atoms with Crippen LogP contribution in [0.4, 0.5) is 5.69 Å². The van der Waals surface area contributed by atoms with Gasteiger partial charge in [-0.15, -0.1) is 0 Å². The minimum absolute atomic E-state index is 0.615. The van der Waals surface area contributed by atoms with Gasteiger partial charge in [0.15, 0.2) is 11.5 Å². The number of benzene rings is 2. The molecule has 0 unspecified atom stereocenters. The highest BCUT2D eigenvalue weighted by Gasteiger charge is 2.10. The van der Waals surface area contributed by atoms with Crippen molar-refractivity contribution in [3.8, 4) is 11.5 Å². The van der Waals surface area contributed by atoms with Gasteiger partial charge >= 0.3 is 0 Å². The van der Waals surface area contributed by atoms with Gasteiger partial charge in [-0.05, 0) is 71.3 Å². The van der Waals surface area contributed by atoms with Gasteiger partial charge in [0.05, 0.1) is 23.0 Å². The Kier molecular flexibility index (Phi) is 6.24. The summed E-state index contributed by atoms with van der Waals surface area (Å²) in [5.41, 5.74) is 3.25. The third kappa shape index (κ3) is 4.22. The van der Waals surface area contributed by atoms with E-state index in [1.54, 1.807) is 7.11 Å². The zero-order chi connectivity index (χ0) is 15.9. The van der Waals surface area contributed by atoms with Crippen molar-refractivity contribution >= 4 is 34.5 Å². The fourth-order valence-electron chi connectivity index (χ4n) is 2.07. The molecule has 0 atom stereocenters. The lowest BCUT2D eigenvalue weighted by molar-refractivity contribution is 0.308. The normalized spacial score (nSPS) is 10.9. The molecule has 0 N–H and O–H groups in total. The smallest absolute Gasteiger partial charge is 0.174 e. The molecule has 116 valence electrons. The molecule has 4 heteroatoms. The number of hydrogen-bond acceptors (Lipinski definition) is 3. The Morgan fingerprint density at radius 2 is 1.86 bits per heavy atom. The first kappa shape index (κ1) is 16.8. The molecule has 0 bridgehead atoms. The summed E-state index contributed by atoms with van der Waals surface area (Å²) in [7, 11) is 1.65. The van der Waals surface area contributed by atoms with E-state index in [-0.39, 0.29) is 0 Å². The molecule has 2 aromatic carbocycles.